The maximum absolute atomic E-state index is 12.1. The van der Waals surface area contributed by atoms with Crippen LogP contribution in [0.4, 0.5) is 5.69 Å². The Bertz CT molecular complexity index is 383. The Morgan fingerprint density at radius 3 is 2.50 bits per heavy atom. The molecule has 0 unspecified atom stereocenters. The molecule has 1 aliphatic heterocycles. The fourth-order valence-corrected chi connectivity index (χ4v) is 2.36. The quantitative estimate of drug-likeness (QED) is 0.890. The molecule has 4 heteroatoms. The number of nitrogens with one attached hydrogen (secondary N) is 1. The van der Waals surface area contributed by atoms with Crippen LogP contribution in [0.25, 0.3) is 0 Å². The van der Waals surface area contributed by atoms with Crippen LogP contribution in [0.1, 0.15) is 26.7 Å². The molecule has 0 radical (unpaired) electrons. The number of anilines is 1. The summed E-state index contributed by atoms with van der Waals surface area (Å²) in [7, 11) is 0. The number of hydrogen-bond acceptors (Lipinski definition) is 3. The van der Waals surface area contributed by atoms with Gasteiger partial charge < -0.3 is 10.2 Å². The minimum absolute atomic E-state index is 0.143. The number of carbonyl (C=O) groups is 1. The normalized spacial score (nSPS) is 17.9. The van der Waals surface area contributed by atoms with Crippen molar-refractivity contribution < 1.29 is 4.79 Å². The number of pyridine rings is 1. The van der Waals surface area contributed by atoms with Gasteiger partial charge in [-0.15, -0.1) is 0 Å². The van der Waals surface area contributed by atoms with E-state index in [1.807, 2.05) is 12.1 Å². The topological polar surface area (TPSA) is 45.2 Å². The van der Waals surface area contributed by atoms with Gasteiger partial charge in [-0.1, -0.05) is 0 Å². The molecule has 1 aliphatic rings. The van der Waals surface area contributed by atoms with Gasteiger partial charge in [0, 0.05) is 30.0 Å². The number of piperidine rings is 1. The average molecular weight is 247 g/mol. The van der Waals surface area contributed by atoms with E-state index in [0.717, 1.165) is 31.6 Å². The molecule has 1 aromatic heterocycles. The second-order valence-electron chi connectivity index (χ2n) is 5.13. The van der Waals surface area contributed by atoms with Crippen LogP contribution in [-0.4, -0.2) is 34.9 Å². The lowest BCUT2D eigenvalue weighted by atomic mass is 9.95. The van der Waals surface area contributed by atoms with Crippen LogP contribution in [0.2, 0.25) is 0 Å². The molecule has 0 spiro atoms. The first-order chi connectivity index (χ1) is 8.66. The third-order valence-electron chi connectivity index (χ3n) is 3.58. The molecule has 2 rings (SSSR count). The number of hydrogen-bond donors (Lipinski definition) is 1. The number of rotatable bonds is 3. The first-order valence-electron chi connectivity index (χ1n) is 6.62. The van der Waals surface area contributed by atoms with E-state index in [-0.39, 0.29) is 11.8 Å². The summed E-state index contributed by atoms with van der Waals surface area (Å²) in [4.78, 5) is 18.5. The van der Waals surface area contributed by atoms with Crippen molar-refractivity contribution in [2.75, 3.05) is 18.4 Å². The minimum Gasteiger partial charge on any atom is -0.326 e. The lowest BCUT2D eigenvalue weighted by Gasteiger charge is -2.33. The fourth-order valence-electron chi connectivity index (χ4n) is 2.36. The lowest BCUT2D eigenvalue weighted by Crippen LogP contribution is -2.41. The molecular weight excluding hydrogens is 226 g/mol. The van der Waals surface area contributed by atoms with Gasteiger partial charge in [0.1, 0.15) is 0 Å². The van der Waals surface area contributed by atoms with Gasteiger partial charge >= 0.3 is 0 Å². The van der Waals surface area contributed by atoms with E-state index >= 15 is 0 Å². The van der Waals surface area contributed by atoms with Crippen LogP contribution in [0, 0.1) is 5.92 Å². The zero-order valence-electron chi connectivity index (χ0n) is 11.1. The number of nitrogens with zero attached hydrogens (tertiary/aromatic N) is 2. The highest BCUT2D eigenvalue weighted by Gasteiger charge is 2.25. The van der Waals surface area contributed by atoms with Crippen molar-refractivity contribution >= 4 is 11.6 Å². The second kappa shape index (κ2) is 5.96. The number of likely N-dealkylation sites (tertiary alicyclic amines) is 1. The molecule has 4 nitrogen and oxygen atoms in total. The van der Waals surface area contributed by atoms with Gasteiger partial charge in [-0.05, 0) is 51.9 Å². The zero-order valence-corrected chi connectivity index (χ0v) is 11.1. The summed E-state index contributed by atoms with van der Waals surface area (Å²) in [5, 5.41) is 2.96. The summed E-state index contributed by atoms with van der Waals surface area (Å²) in [6.07, 6.45) is 5.29. The maximum atomic E-state index is 12.1. The smallest absolute Gasteiger partial charge is 0.227 e. The summed E-state index contributed by atoms with van der Waals surface area (Å²) < 4.78 is 0. The Morgan fingerprint density at radius 2 is 1.94 bits per heavy atom. The van der Waals surface area contributed by atoms with Gasteiger partial charge in [-0.2, -0.15) is 0 Å². The molecule has 18 heavy (non-hydrogen) atoms. The van der Waals surface area contributed by atoms with E-state index in [1.54, 1.807) is 12.4 Å². The van der Waals surface area contributed by atoms with Crippen LogP contribution in [0.15, 0.2) is 24.5 Å². The lowest BCUT2D eigenvalue weighted by molar-refractivity contribution is -0.121. The van der Waals surface area contributed by atoms with Crippen molar-refractivity contribution in [3.8, 4) is 0 Å². The Hall–Kier alpha value is -1.42. The molecule has 98 valence electrons. The predicted molar refractivity (Wildman–Crippen MR) is 72.3 cm³/mol. The molecule has 0 atom stereocenters. The molecule has 0 bridgehead atoms. The first-order valence-corrected chi connectivity index (χ1v) is 6.62. The number of carbonyl (C=O) groups excluding carboxylic acids is 1. The summed E-state index contributed by atoms with van der Waals surface area (Å²) >= 11 is 0. The van der Waals surface area contributed by atoms with E-state index in [1.165, 1.54) is 0 Å². The monoisotopic (exact) mass is 247 g/mol. The van der Waals surface area contributed by atoms with Gasteiger partial charge in [0.15, 0.2) is 0 Å². The molecular formula is C14H21N3O. The maximum Gasteiger partial charge on any atom is 0.227 e. The number of aromatic nitrogens is 1. The van der Waals surface area contributed by atoms with E-state index in [4.69, 9.17) is 0 Å². The molecule has 1 aromatic rings. The Balaban J connectivity index is 1.85. The van der Waals surface area contributed by atoms with Crippen molar-refractivity contribution in [1.82, 2.24) is 9.88 Å². The van der Waals surface area contributed by atoms with Crippen LogP contribution in [0.5, 0.6) is 0 Å². The van der Waals surface area contributed by atoms with Gasteiger partial charge in [0.25, 0.3) is 0 Å². The van der Waals surface area contributed by atoms with Gasteiger partial charge in [-0.25, -0.2) is 0 Å². The first kappa shape index (κ1) is 13.0. The highest BCUT2D eigenvalue weighted by molar-refractivity contribution is 5.92. The SMILES string of the molecule is CC(C)N1CCC(C(=O)Nc2ccncc2)CC1. The summed E-state index contributed by atoms with van der Waals surface area (Å²) in [6, 6.07) is 4.22. The van der Waals surface area contributed by atoms with Crippen molar-refractivity contribution in [3.05, 3.63) is 24.5 Å². The van der Waals surface area contributed by atoms with E-state index in [2.05, 4.69) is 29.0 Å². The van der Waals surface area contributed by atoms with E-state index in [0.29, 0.717) is 6.04 Å². The third kappa shape index (κ3) is 3.29. The van der Waals surface area contributed by atoms with E-state index in [9.17, 15) is 4.79 Å². The standard InChI is InChI=1S/C14H21N3O/c1-11(2)17-9-5-12(6-10-17)14(18)16-13-3-7-15-8-4-13/h3-4,7-8,11-12H,5-6,9-10H2,1-2H3,(H,15,16,18). The van der Waals surface area contributed by atoms with Gasteiger partial charge in [-0.3, -0.25) is 9.78 Å². The fraction of sp³-hybridized carbons (Fsp3) is 0.571. The van der Waals surface area contributed by atoms with Crippen LogP contribution in [-0.2, 0) is 4.79 Å². The molecule has 0 aliphatic carbocycles. The van der Waals surface area contributed by atoms with Gasteiger partial charge in [0.2, 0.25) is 5.91 Å². The summed E-state index contributed by atoms with van der Waals surface area (Å²) in [5.41, 5.74) is 0.835. The van der Waals surface area contributed by atoms with Crippen molar-refractivity contribution in [2.45, 2.75) is 32.7 Å². The molecule has 1 saturated heterocycles. The van der Waals surface area contributed by atoms with E-state index < -0.39 is 0 Å². The average Bonchev–Trinajstić information content (AvgIpc) is 2.40. The molecule has 1 fully saturated rings. The molecule has 0 saturated carbocycles. The van der Waals surface area contributed by atoms with Crippen LogP contribution >= 0.6 is 0 Å². The Morgan fingerprint density at radius 1 is 1.33 bits per heavy atom. The minimum atomic E-state index is 0.143. The molecule has 0 aromatic carbocycles. The highest BCUT2D eigenvalue weighted by atomic mass is 16.1. The third-order valence-corrected chi connectivity index (χ3v) is 3.58. The predicted octanol–water partition coefficient (Wildman–Crippen LogP) is 2.14. The molecule has 1 N–H and O–H groups in total. The Kier molecular flexibility index (Phi) is 4.31. The second-order valence-corrected chi connectivity index (χ2v) is 5.13. The number of amides is 1. The zero-order chi connectivity index (χ0) is 13.0. The molecule has 1 amide bonds. The summed E-state index contributed by atoms with van der Waals surface area (Å²) in [5.74, 6) is 0.290. The largest absolute Gasteiger partial charge is 0.326 e. The van der Waals surface area contributed by atoms with Crippen molar-refractivity contribution in [2.24, 2.45) is 5.92 Å². The van der Waals surface area contributed by atoms with Crippen LogP contribution < -0.4 is 5.32 Å². The highest BCUT2D eigenvalue weighted by Crippen LogP contribution is 2.20. The Labute approximate surface area is 108 Å². The molecule has 2 heterocycles. The van der Waals surface area contributed by atoms with Crippen LogP contribution in [0.3, 0.4) is 0 Å². The van der Waals surface area contributed by atoms with Gasteiger partial charge in [0.05, 0.1) is 0 Å². The summed E-state index contributed by atoms with van der Waals surface area (Å²) in [6.45, 7) is 6.45. The van der Waals surface area contributed by atoms with Crippen molar-refractivity contribution in [3.63, 3.8) is 0 Å². The van der Waals surface area contributed by atoms with Crippen molar-refractivity contribution in [1.29, 1.82) is 0 Å².